The molecule has 3 heterocycles. The lowest BCUT2D eigenvalue weighted by atomic mass is 10.1. The van der Waals surface area contributed by atoms with Crippen LogP contribution in [0.15, 0.2) is 29.9 Å². The normalized spacial score (nSPS) is 17.1. The second-order valence-electron chi connectivity index (χ2n) is 4.47. The first-order valence-corrected chi connectivity index (χ1v) is 7.00. The van der Waals surface area contributed by atoms with E-state index in [1.807, 2.05) is 18.5 Å². The molecule has 1 saturated heterocycles. The van der Waals surface area contributed by atoms with Gasteiger partial charge in [0.25, 0.3) is 0 Å². The van der Waals surface area contributed by atoms with Crippen LogP contribution in [0.2, 0.25) is 0 Å². The molecule has 0 aromatic carbocycles. The molecule has 0 bridgehead atoms. The molecule has 0 atom stereocenters. The molecule has 4 nitrogen and oxygen atoms in total. The van der Waals surface area contributed by atoms with E-state index in [1.54, 1.807) is 11.3 Å². The zero-order valence-corrected chi connectivity index (χ0v) is 10.8. The Morgan fingerprint density at radius 2 is 1.94 bits per heavy atom. The lowest BCUT2D eigenvalue weighted by molar-refractivity contribution is 0.145. The summed E-state index contributed by atoms with van der Waals surface area (Å²) in [5.74, 6) is 0.766. The molecule has 0 saturated carbocycles. The monoisotopic (exact) mass is 261 g/mol. The van der Waals surface area contributed by atoms with Gasteiger partial charge in [-0.15, -0.1) is 11.3 Å². The summed E-state index contributed by atoms with van der Waals surface area (Å²) >= 11 is 1.69. The van der Waals surface area contributed by atoms with Gasteiger partial charge in [0, 0.05) is 35.9 Å². The average molecular weight is 261 g/mol. The zero-order valence-electron chi connectivity index (χ0n) is 9.99. The van der Waals surface area contributed by atoms with E-state index >= 15 is 0 Å². The van der Waals surface area contributed by atoms with Gasteiger partial charge in [-0.2, -0.15) is 0 Å². The predicted octanol–water partition coefficient (Wildman–Crippen LogP) is 2.17. The predicted molar refractivity (Wildman–Crippen MR) is 72.8 cm³/mol. The van der Waals surface area contributed by atoms with Crippen LogP contribution in [0.5, 0.6) is 0 Å². The van der Waals surface area contributed by atoms with Crippen molar-refractivity contribution in [2.24, 2.45) is 0 Å². The Bertz CT molecular complexity index is 489. The summed E-state index contributed by atoms with van der Waals surface area (Å²) in [7, 11) is 0. The summed E-state index contributed by atoms with van der Waals surface area (Å²) in [6.45, 7) is 1.67. The summed E-state index contributed by atoms with van der Waals surface area (Å²) in [5, 5.41) is 11.5. The van der Waals surface area contributed by atoms with Gasteiger partial charge in [-0.05, 0) is 24.3 Å². The van der Waals surface area contributed by atoms with Crippen molar-refractivity contribution in [1.29, 1.82) is 0 Å². The quantitative estimate of drug-likeness (QED) is 0.900. The molecule has 94 valence electrons. The standard InChI is InChI=1S/C13H15N3OS/c17-11-3-5-16(6-4-11)13-14-8-10(9-15-13)12-2-1-7-18-12/h1-2,7-9,11,17H,3-6H2. The van der Waals surface area contributed by atoms with Gasteiger partial charge in [-0.25, -0.2) is 9.97 Å². The molecular weight excluding hydrogens is 246 g/mol. The van der Waals surface area contributed by atoms with Crippen LogP contribution in [0.4, 0.5) is 5.95 Å². The molecule has 0 aliphatic carbocycles. The zero-order chi connectivity index (χ0) is 12.4. The Morgan fingerprint density at radius 1 is 1.22 bits per heavy atom. The summed E-state index contributed by atoms with van der Waals surface area (Å²) in [6.07, 6.45) is 5.19. The number of aliphatic hydroxyl groups is 1. The van der Waals surface area contributed by atoms with Crippen LogP contribution in [-0.4, -0.2) is 34.3 Å². The van der Waals surface area contributed by atoms with Crippen molar-refractivity contribution >= 4 is 17.3 Å². The molecule has 0 spiro atoms. The maximum absolute atomic E-state index is 9.48. The van der Waals surface area contributed by atoms with E-state index in [2.05, 4.69) is 26.3 Å². The van der Waals surface area contributed by atoms with Crippen molar-refractivity contribution in [2.75, 3.05) is 18.0 Å². The molecule has 1 aliphatic rings. The van der Waals surface area contributed by atoms with Crippen molar-refractivity contribution in [3.05, 3.63) is 29.9 Å². The molecule has 2 aromatic heterocycles. The van der Waals surface area contributed by atoms with Crippen molar-refractivity contribution in [3.63, 3.8) is 0 Å². The number of hydrogen-bond acceptors (Lipinski definition) is 5. The molecule has 3 rings (SSSR count). The first kappa shape index (κ1) is 11.6. The SMILES string of the molecule is OC1CCN(c2ncc(-c3cccs3)cn2)CC1. The summed E-state index contributed by atoms with van der Waals surface area (Å²) < 4.78 is 0. The van der Waals surface area contributed by atoms with Crippen LogP contribution >= 0.6 is 11.3 Å². The van der Waals surface area contributed by atoms with Crippen molar-refractivity contribution in [2.45, 2.75) is 18.9 Å². The first-order chi connectivity index (χ1) is 8.83. The Morgan fingerprint density at radius 3 is 2.56 bits per heavy atom. The second-order valence-corrected chi connectivity index (χ2v) is 5.41. The fourth-order valence-electron chi connectivity index (χ4n) is 2.12. The first-order valence-electron chi connectivity index (χ1n) is 6.12. The van der Waals surface area contributed by atoms with Crippen LogP contribution in [-0.2, 0) is 0 Å². The number of rotatable bonds is 2. The highest BCUT2D eigenvalue weighted by Gasteiger charge is 2.18. The molecule has 0 radical (unpaired) electrons. The largest absolute Gasteiger partial charge is 0.393 e. The van der Waals surface area contributed by atoms with E-state index in [4.69, 9.17) is 0 Å². The molecule has 1 fully saturated rings. The molecule has 0 unspecified atom stereocenters. The third kappa shape index (κ3) is 2.37. The van der Waals surface area contributed by atoms with Gasteiger partial charge in [-0.3, -0.25) is 0 Å². The van der Waals surface area contributed by atoms with Crippen LogP contribution in [0.3, 0.4) is 0 Å². The molecule has 1 N–H and O–H groups in total. The van der Waals surface area contributed by atoms with Crippen molar-refractivity contribution < 1.29 is 5.11 Å². The highest BCUT2D eigenvalue weighted by Crippen LogP contribution is 2.24. The maximum atomic E-state index is 9.48. The molecule has 18 heavy (non-hydrogen) atoms. The van der Waals surface area contributed by atoms with Gasteiger partial charge in [0.15, 0.2) is 0 Å². The van der Waals surface area contributed by atoms with Gasteiger partial charge in [0.05, 0.1) is 6.10 Å². The third-order valence-electron chi connectivity index (χ3n) is 3.19. The Hall–Kier alpha value is -1.46. The minimum absolute atomic E-state index is 0.161. The molecular formula is C13H15N3OS. The molecule has 0 amide bonds. The van der Waals surface area contributed by atoms with Crippen LogP contribution < -0.4 is 4.90 Å². The fourth-order valence-corrected chi connectivity index (χ4v) is 2.82. The molecule has 1 aliphatic heterocycles. The average Bonchev–Trinajstić information content (AvgIpc) is 2.94. The summed E-state index contributed by atoms with van der Waals surface area (Å²) in [5.41, 5.74) is 1.06. The fraction of sp³-hybridized carbons (Fsp3) is 0.385. The van der Waals surface area contributed by atoms with Gasteiger partial charge < -0.3 is 10.0 Å². The Balaban J connectivity index is 1.75. The van der Waals surface area contributed by atoms with E-state index in [9.17, 15) is 5.11 Å². The lowest BCUT2D eigenvalue weighted by Gasteiger charge is -2.29. The van der Waals surface area contributed by atoms with E-state index in [0.717, 1.165) is 37.4 Å². The minimum Gasteiger partial charge on any atom is -0.393 e. The van der Waals surface area contributed by atoms with Gasteiger partial charge >= 0.3 is 0 Å². The van der Waals surface area contributed by atoms with Gasteiger partial charge in [0.2, 0.25) is 5.95 Å². The van der Waals surface area contributed by atoms with E-state index in [1.165, 1.54) is 4.88 Å². The topological polar surface area (TPSA) is 49.2 Å². The van der Waals surface area contributed by atoms with Crippen LogP contribution in [0.1, 0.15) is 12.8 Å². The smallest absolute Gasteiger partial charge is 0.225 e. The number of hydrogen-bond donors (Lipinski definition) is 1. The van der Waals surface area contributed by atoms with Crippen LogP contribution in [0.25, 0.3) is 10.4 Å². The van der Waals surface area contributed by atoms with E-state index < -0.39 is 0 Å². The number of thiophene rings is 1. The maximum Gasteiger partial charge on any atom is 0.225 e. The third-order valence-corrected chi connectivity index (χ3v) is 4.11. The van der Waals surface area contributed by atoms with Crippen LogP contribution in [0, 0.1) is 0 Å². The molecule has 2 aromatic rings. The van der Waals surface area contributed by atoms with E-state index in [0.29, 0.717) is 0 Å². The lowest BCUT2D eigenvalue weighted by Crippen LogP contribution is -2.36. The number of aromatic nitrogens is 2. The van der Waals surface area contributed by atoms with Crippen molar-refractivity contribution in [1.82, 2.24) is 9.97 Å². The second kappa shape index (κ2) is 5.04. The number of piperidine rings is 1. The van der Waals surface area contributed by atoms with Gasteiger partial charge in [-0.1, -0.05) is 6.07 Å². The Kier molecular flexibility index (Phi) is 3.25. The summed E-state index contributed by atoms with van der Waals surface area (Å²) in [6, 6.07) is 4.10. The Labute approximate surface area is 110 Å². The van der Waals surface area contributed by atoms with E-state index in [-0.39, 0.29) is 6.10 Å². The van der Waals surface area contributed by atoms with Crippen molar-refractivity contribution in [3.8, 4) is 10.4 Å². The number of nitrogens with zero attached hydrogens (tertiary/aromatic N) is 3. The summed E-state index contributed by atoms with van der Waals surface area (Å²) in [4.78, 5) is 12.2. The minimum atomic E-state index is -0.161. The number of anilines is 1. The highest BCUT2D eigenvalue weighted by atomic mass is 32.1. The molecule has 5 heteroatoms. The van der Waals surface area contributed by atoms with Gasteiger partial charge in [0.1, 0.15) is 0 Å². The number of aliphatic hydroxyl groups excluding tert-OH is 1. The highest BCUT2D eigenvalue weighted by molar-refractivity contribution is 7.13.